The van der Waals surface area contributed by atoms with Gasteiger partial charge in [0.1, 0.15) is 0 Å². The van der Waals surface area contributed by atoms with Crippen molar-refractivity contribution in [3.8, 4) is 0 Å². The Balaban J connectivity index is 1.28. The molecule has 0 atom stereocenters. The Hall–Kier alpha value is -1.06. The van der Waals surface area contributed by atoms with Crippen LogP contribution >= 0.6 is 0 Å². The first-order valence-corrected chi connectivity index (χ1v) is 9.60. The predicted molar refractivity (Wildman–Crippen MR) is 97.0 cm³/mol. The van der Waals surface area contributed by atoms with Gasteiger partial charge >= 0.3 is 0 Å². The maximum absolute atomic E-state index is 3.53. The Morgan fingerprint density at radius 3 is 2.13 bits per heavy atom. The predicted octanol–water partition coefficient (Wildman–Crippen LogP) is 3.12. The summed E-state index contributed by atoms with van der Waals surface area (Å²) in [5.74, 6) is 0. The Morgan fingerprint density at radius 2 is 1.48 bits per heavy atom. The van der Waals surface area contributed by atoms with Crippen molar-refractivity contribution in [1.29, 1.82) is 0 Å². The summed E-state index contributed by atoms with van der Waals surface area (Å²) < 4.78 is 0. The van der Waals surface area contributed by atoms with Crippen LogP contribution in [0.2, 0.25) is 0 Å². The van der Waals surface area contributed by atoms with E-state index in [4.69, 9.17) is 0 Å². The van der Waals surface area contributed by atoms with Crippen LogP contribution in [0.3, 0.4) is 0 Å². The van der Waals surface area contributed by atoms with Gasteiger partial charge in [-0.2, -0.15) is 0 Å². The fraction of sp³-hybridized carbons (Fsp3) is 0.700. The van der Waals surface area contributed by atoms with E-state index in [-0.39, 0.29) is 0 Å². The van der Waals surface area contributed by atoms with E-state index in [1.807, 2.05) is 0 Å². The van der Waals surface area contributed by atoms with E-state index in [0.717, 1.165) is 6.04 Å². The quantitative estimate of drug-likeness (QED) is 0.905. The van der Waals surface area contributed by atoms with Gasteiger partial charge in [-0.1, -0.05) is 18.2 Å². The molecule has 0 radical (unpaired) electrons. The summed E-state index contributed by atoms with van der Waals surface area (Å²) in [6, 6.07) is 11.8. The number of piperidine rings is 3. The van der Waals surface area contributed by atoms with Crippen LogP contribution in [0.15, 0.2) is 30.3 Å². The van der Waals surface area contributed by atoms with Gasteiger partial charge in [-0.3, -0.25) is 0 Å². The molecule has 0 unspecified atom stereocenters. The van der Waals surface area contributed by atoms with Crippen LogP contribution in [0, 0.1) is 5.41 Å². The minimum Gasteiger partial charge on any atom is -0.371 e. The van der Waals surface area contributed by atoms with Crippen molar-refractivity contribution in [2.24, 2.45) is 5.41 Å². The van der Waals surface area contributed by atoms with Crippen LogP contribution in [-0.4, -0.2) is 50.2 Å². The van der Waals surface area contributed by atoms with Gasteiger partial charge in [-0.25, -0.2) is 0 Å². The molecular weight excluding hydrogens is 282 g/mol. The van der Waals surface area contributed by atoms with Crippen molar-refractivity contribution in [3.05, 3.63) is 30.3 Å². The zero-order valence-electron chi connectivity index (χ0n) is 14.3. The van der Waals surface area contributed by atoms with Crippen LogP contribution in [0.4, 0.5) is 5.69 Å². The molecule has 0 aromatic heterocycles. The van der Waals surface area contributed by atoms with E-state index in [0.29, 0.717) is 5.41 Å². The molecule has 1 N–H and O–H groups in total. The van der Waals surface area contributed by atoms with Gasteiger partial charge in [0.25, 0.3) is 0 Å². The summed E-state index contributed by atoms with van der Waals surface area (Å²) in [7, 11) is 0. The van der Waals surface area contributed by atoms with Gasteiger partial charge in [-0.15, -0.1) is 0 Å². The highest BCUT2D eigenvalue weighted by molar-refractivity contribution is 5.46. The summed E-state index contributed by atoms with van der Waals surface area (Å²) >= 11 is 0. The molecule has 3 aliphatic heterocycles. The summed E-state index contributed by atoms with van der Waals surface area (Å²) in [5.41, 5.74) is 2.09. The number of likely N-dealkylation sites (tertiary alicyclic amines) is 1. The van der Waals surface area contributed by atoms with Crippen LogP contribution < -0.4 is 10.2 Å². The molecule has 23 heavy (non-hydrogen) atoms. The van der Waals surface area contributed by atoms with Crippen molar-refractivity contribution >= 4 is 5.69 Å². The van der Waals surface area contributed by atoms with Crippen LogP contribution in [0.1, 0.15) is 38.5 Å². The minimum atomic E-state index is 0.687. The van der Waals surface area contributed by atoms with Gasteiger partial charge in [0.15, 0.2) is 0 Å². The maximum atomic E-state index is 3.53. The zero-order chi connectivity index (χ0) is 15.5. The van der Waals surface area contributed by atoms with Crippen molar-refractivity contribution in [2.75, 3.05) is 44.2 Å². The smallest absolute Gasteiger partial charge is 0.0366 e. The number of anilines is 1. The largest absolute Gasteiger partial charge is 0.371 e. The van der Waals surface area contributed by atoms with Crippen molar-refractivity contribution in [1.82, 2.24) is 10.2 Å². The van der Waals surface area contributed by atoms with Crippen molar-refractivity contribution in [2.45, 2.75) is 44.6 Å². The van der Waals surface area contributed by atoms with E-state index in [1.165, 1.54) is 83.5 Å². The Kier molecular flexibility index (Phi) is 4.59. The molecule has 1 spiro atoms. The molecule has 3 fully saturated rings. The zero-order valence-corrected chi connectivity index (χ0v) is 14.3. The van der Waals surface area contributed by atoms with Crippen LogP contribution in [-0.2, 0) is 0 Å². The average Bonchev–Trinajstić information content (AvgIpc) is 2.64. The van der Waals surface area contributed by atoms with Gasteiger partial charge in [0, 0.05) is 24.8 Å². The minimum absolute atomic E-state index is 0.687. The summed E-state index contributed by atoms with van der Waals surface area (Å²) in [5, 5.41) is 3.53. The third-order valence-electron chi connectivity index (χ3n) is 6.63. The molecule has 3 nitrogen and oxygen atoms in total. The topological polar surface area (TPSA) is 18.5 Å². The fourth-order valence-corrected chi connectivity index (χ4v) is 4.95. The number of hydrogen-bond donors (Lipinski definition) is 1. The normalized spacial score (nSPS) is 26.5. The van der Waals surface area contributed by atoms with Gasteiger partial charge < -0.3 is 15.1 Å². The van der Waals surface area contributed by atoms with Crippen LogP contribution in [0.5, 0.6) is 0 Å². The lowest BCUT2D eigenvalue weighted by atomic mass is 9.71. The van der Waals surface area contributed by atoms with Crippen molar-refractivity contribution in [3.63, 3.8) is 0 Å². The Bertz CT molecular complexity index is 477. The standard InChI is InChI=1S/C20H31N3/c1-2-4-18(5-3-1)22-14-6-19(7-15-22)23-16-10-20(11-17-23)8-12-21-13-9-20/h1-5,19,21H,6-17H2. The molecule has 3 heteroatoms. The highest BCUT2D eigenvalue weighted by Crippen LogP contribution is 2.40. The summed E-state index contributed by atoms with van der Waals surface area (Å²) in [6.45, 7) is 7.62. The molecule has 4 rings (SSSR count). The number of nitrogens with zero attached hydrogens (tertiary/aromatic N) is 2. The number of nitrogens with one attached hydrogen (secondary N) is 1. The first-order valence-electron chi connectivity index (χ1n) is 9.60. The molecule has 0 bridgehead atoms. The highest BCUT2D eigenvalue weighted by atomic mass is 15.2. The molecule has 1 aromatic rings. The highest BCUT2D eigenvalue weighted by Gasteiger charge is 2.37. The summed E-state index contributed by atoms with van der Waals surface area (Å²) in [6.07, 6.45) is 8.37. The lowest BCUT2D eigenvalue weighted by Gasteiger charge is -2.48. The van der Waals surface area contributed by atoms with E-state index in [2.05, 4.69) is 45.4 Å². The van der Waals surface area contributed by atoms with E-state index in [9.17, 15) is 0 Å². The molecule has 0 aliphatic carbocycles. The monoisotopic (exact) mass is 313 g/mol. The molecule has 0 saturated carbocycles. The second kappa shape index (κ2) is 6.82. The molecule has 3 aliphatic rings. The molecule has 126 valence electrons. The average molecular weight is 313 g/mol. The molecule has 1 aromatic carbocycles. The van der Waals surface area contributed by atoms with Gasteiger partial charge in [0.2, 0.25) is 0 Å². The number of rotatable bonds is 2. The number of benzene rings is 1. The Labute approximate surface area is 141 Å². The first-order chi connectivity index (χ1) is 11.3. The SMILES string of the molecule is c1ccc(N2CCC(N3CCC4(CCNCC4)CC3)CC2)cc1. The lowest BCUT2D eigenvalue weighted by Crippen LogP contribution is -2.51. The fourth-order valence-electron chi connectivity index (χ4n) is 4.95. The molecule has 3 heterocycles. The van der Waals surface area contributed by atoms with E-state index >= 15 is 0 Å². The number of para-hydroxylation sites is 1. The van der Waals surface area contributed by atoms with Gasteiger partial charge in [0.05, 0.1) is 0 Å². The van der Waals surface area contributed by atoms with E-state index in [1.54, 1.807) is 0 Å². The molecule has 3 saturated heterocycles. The third-order valence-corrected chi connectivity index (χ3v) is 6.63. The lowest BCUT2D eigenvalue weighted by molar-refractivity contribution is 0.0432. The molecule has 0 amide bonds. The van der Waals surface area contributed by atoms with Crippen molar-refractivity contribution < 1.29 is 0 Å². The molecular formula is C20H31N3. The second-order valence-electron chi connectivity index (χ2n) is 7.84. The Morgan fingerprint density at radius 1 is 0.826 bits per heavy atom. The van der Waals surface area contributed by atoms with Gasteiger partial charge in [-0.05, 0) is 82.3 Å². The van der Waals surface area contributed by atoms with E-state index < -0.39 is 0 Å². The first kappa shape index (κ1) is 15.5. The van der Waals surface area contributed by atoms with Crippen LogP contribution in [0.25, 0.3) is 0 Å². The maximum Gasteiger partial charge on any atom is 0.0366 e. The second-order valence-corrected chi connectivity index (χ2v) is 7.84. The third kappa shape index (κ3) is 3.41. The number of hydrogen-bond acceptors (Lipinski definition) is 3. The summed E-state index contributed by atoms with van der Waals surface area (Å²) in [4.78, 5) is 5.38.